The molecule has 2 N–H and O–H groups in total. The van der Waals surface area contributed by atoms with Crippen LogP contribution in [0.3, 0.4) is 0 Å². The molecule has 7 nitrogen and oxygen atoms in total. The first-order chi connectivity index (χ1) is 18.2. The van der Waals surface area contributed by atoms with Gasteiger partial charge in [0.25, 0.3) is 10.0 Å². The van der Waals surface area contributed by atoms with E-state index in [1.54, 1.807) is 13.0 Å². The molecule has 210 valence electrons. The van der Waals surface area contributed by atoms with E-state index < -0.39 is 32.5 Å². The Bertz CT molecular complexity index is 1440. The summed E-state index contributed by atoms with van der Waals surface area (Å²) in [5.74, 6) is -1.12. The van der Waals surface area contributed by atoms with Gasteiger partial charge < -0.3 is 10.2 Å². The fourth-order valence-corrected chi connectivity index (χ4v) is 6.37. The van der Waals surface area contributed by atoms with E-state index in [1.165, 1.54) is 18.3 Å². The molecule has 0 unspecified atom stereocenters. The van der Waals surface area contributed by atoms with Crippen molar-refractivity contribution in [2.75, 3.05) is 24.1 Å². The van der Waals surface area contributed by atoms with Crippen LogP contribution in [0, 0.1) is 12.7 Å². The monoisotopic (exact) mass is 585 g/mol. The van der Waals surface area contributed by atoms with E-state index in [4.69, 9.17) is 11.6 Å². The second kappa shape index (κ2) is 11.3. The highest BCUT2D eigenvalue weighted by Crippen LogP contribution is 2.40. The van der Waals surface area contributed by atoms with E-state index in [0.717, 1.165) is 24.5 Å². The molecule has 3 aromatic rings. The van der Waals surface area contributed by atoms with Crippen LogP contribution in [-0.2, 0) is 16.2 Å². The van der Waals surface area contributed by atoms with Crippen molar-refractivity contribution < 1.29 is 26.0 Å². The van der Waals surface area contributed by atoms with E-state index in [9.17, 15) is 21.6 Å². The molecule has 0 saturated heterocycles. The summed E-state index contributed by atoms with van der Waals surface area (Å²) < 4.78 is 82.9. The molecule has 4 rings (SSSR count). The number of likely N-dealkylation sites (N-methyl/N-ethyl adjacent to an activating group) is 1. The lowest BCUT2D eigenvalue weighted by atomic mass is 9.77. The van der Waals surface area contributed by atoms with Crippen molar-refractivity contribution in [2.45, 2.75) is 55.3 Å². The summed E-state index contributed by atoms with van der Waals surface area (Å²) in [6.45, 7) is 1.65. The predicted molar refractivity (Wildman–Crippen MR) is 142 cm³/mol. The fourth-order valence-electron chi connectivity index (χ4n) is 4.99. The van der Waals surface area contributed by atoms with Crippen molar-refractivity contribution in [3.8, 4) is 0 Å². The Morgan fingerprint density at radius 1 is 1.10 bits per heavy atom. The average molecular weight is 586 g/mol. The molecule has 3 atom stereocenters. The van der Waals surface area contributed by atoms with Gasteiger partial charge in [-0.25, -0.2) is 22.8 Å². The van der Waals surface area contributed by atoms with Gasteiger partial charge in [-0.3, -0.25) is 4.72 Å². The highest BCUT2D eigenvalue weighted by atomic mass is 35.5. The zero-order valence-electron chi connectivity index (χ0n) is 21.4. The molecule has 0 amide bonds. The highest BCUT2D eigenvalue weighted by Gasteiger charge is 2.36. The third-order valence-corrected chi connectivity index (χ3v) is 8.53. The summed E-state index contributed by atoms with van der Waals surface area (Å²) in [5, 5.41) is 3.25. The van der Waals surface area contributed by atoms with Crippen LogP contribution in [0.15, 0.2) is 53.8 Å². The van der Waals surface area contributed by atoms with Gasteiger partial charge in [-0.2, -0.15) is 13.2 Å². The largest absolute Gasteiger partial charge is 0.416 e. The number of aromatic nitrogens is 2. The Labute approximate surface area is 229 Å². The first-order valence-corrected chi connectivity index (χ1v) is 14.0. The van der Waals surface area contributed by atoms with Crippen molar-refractivity contribution in [2.24, 2.45) is 0 Å². The van der Waals surface area contributed by atoms with E-state index in [0.29, 0.717) is 30.4 Å². The molecule has 1 fully saturated rings. The topological polar surface area (TPSA) is 87.2 Å². The number of benzene rings is 2. The maximum Gasteiger partial charge on any atom is 0.416 e. The van der Waals surface area contributed by atoms with Gasteiger partial charge in [0.15, 0.2) is 0 Å². The summed E-state index contributed by atoms with van der Waals surface area (Å²) in [6, 6.07) is 7.23. The van der Waals surface area contributed by atoms with Crippen LogP contribution in [0.1, 0.15) is 41.9 Å². The van der Waals surface area contributed by atoms with Crippen molar-refractivity contribution in [1.29, 1.82) is 0 Å². The first kappa shape index (κ1) is 29.0. The predicted octanol–water partition coefficient (Wildman–Crippen LogP) is 6.08. The number of nitrogens with zero attached hydrogens (tertiary/aromatic N) is 3. The van der Waals surface area contributed by atoms with Crippen molar-refractivity contribution in [3.05, 3.63) is 76.5 Å². The van der Waals surface area contributed by atoms with Crippen LogP contribution in [-0.4, -0.2) is 49.5 Å². The fraction of sp³-hybridized carbons (Fsp3) is 0.385. The Hall–Kier alpha value is -2.96. The molecule has 1 heterocycles. The number of hydrogen-bond donors (Lipinski definition) is 2. The Balaban J connectivity index is 1.54. The molecule has 0 spiro atoms. The summed E-state index contributed by atoms with van der Waals surface area (Å²) >= 11 is 6.39. The number of aryl methyl sites for hydroxylation is 1. The highest BCUT2D eigenvalue weighted by molar-refractivity contribution is 7.92. The van der Waals surface area contributed by atoms with Crippen molar-refractivity contribution in [3.63, 3.8) is 0 Å². The number of halogens is 5. The van der Waals surface area contributed by atoms with Crippen LogP contribution in [0.4, 0.5) is 29.1 Å². The van der Waals surface area contributed by atoms with Crippen LogP contribution in [0.2, 0.25) is 5.02 Å². The van der Waals surface area contributed by atoms with Crippen LogP contribution in [0.25, 0.3) is 0 Å². The lowest BCUT2D eigenvalue weighted by molar-refractivity contribution is -0.137. The molecule has 39 heavy (non-hydrogen) atoms. The third kappa shape index (κ3) is 6.79. The summed E-state index contributed by atoms with van der Waals surface area (Å²) in [5.41, 5.74) is 0.751. The van der Waals surface area contributed by atoms with Crippen LogP contribution >= 0.6 is 11.6 Å². The standard InChI is InChI=1S/C26H28ClF4N5O2S/c1-15-8-17(10-18(9-15)26(29,30)31)16-4-5-21(23(11-16)36(2)3)34-22-13-20(28)24(12-19(22)27)39(37,38)35-25-6-7-32-14-33-25/h6-10,12-14,16,21,23,34H,4-5,11H2,1-3H3,(H,32,33,35)/t16-,21-,23-/m0/s1. The van der Waals surface area contributed by atoms with Crippen molar-refractivity contribution >= 4 is 33.1 Å². The number of alkyl halides is 3. The van der Waals surface area contributed by atoms with Crippen LogP contribution < -0.4 is 10.0 Å². The van der Waals surface area contributed by atoms with Gasteiger partial charge in [0.2, 0.25) is 0 Å². The molecule has 1 aromatic heterocycles. The van der Waals surface area contributed by atoms with Gasteiger partial charge in [-0.15, -0.1) is 0 Å². The first-order valence-electron chi connectivity index (χ1n) is 12.1. The van der Waals surface area contributed by atoms with Gasteiger partial charge in [0.1, 0.15) is 22.9 Å². The average Bonchev–Trinajstić information content (AvgIpc) is 2.85. The zero-order chi connectivity index (χ0) is 28.5. The minimum absolute atomic E-state index is 0.00703. The van der Waals surface area contributed by atoms with E-state index >= 15 is 4.39 Å². The van der Waals surface area contributed by atoms with E-state index in [1.807, 2.05) is 19.0 Å². The number of sulfonamides is 1. The maximum atomic E-state index is 15.0. The normalized spacial score (nSPS) is 20.2. The summed E-state index contributed by atoms with van der Waals surface area (Å²) in [4.78, 5) is 8.82. The Kier molecular flexibility index (Phi) is 8.38. The molecule has 1 aliphatic rings. The van der Waals surface area contributed by atoms with Gasteiger partial charge in [0, 0.05) is 18.3 Å². The van der Waals surface area contributed by atoms with E-state index in [-0.39, 0.29) is 34.5 Å². The van der Waals surface area contributed by atoms with Gasteiger partial charge in [-0.1, -0.05) is 23.2 Å². The molecular weight excluding hydrogens is 558 g/mol. The van der Waals surface area contributed by atoms with Crippen LogP contribution in [0.5, 0.6) is 0 Å². The SMILES string of the molecule is Cc1cc([C@H]2CC[C@H](Nc3cc(F)c(S(=O)(=O)Nc4ccncn4)cc3Cl)[C@@H](N(C)C)C2)cc(C(F)(F)F)c1. The van der Waals surface area contributed by atoms with Gasteiger partial charge in [0.05, 0.1) is 16.3 Å². The minimum atomic E-state index is -4.43. The second-order valence-corrected chi connectivity index (χ2v) is 11.9. The van der Waals surface area contributed by atoms with Gasteiger partial charge in [-0.05, 0) is 82.1 Å². The minimum Gasteiger partial charge on any atom is -0.379 e. The Morgan fingerprint density at radius 2 is 1.85 bits per heavy atom. The molecule has 1 aliphatic carbocycles. The van der Waals surface area contributed by atoms with Gasteiger partial charge >= 0.3 is 6.18 Å². The third-order valence-electron chi connectivity index (χ3n) is 6.85. The second-order valence-electron chi connectivity index (χ2n) is 9.88. The molecule has 0 aliphatic heterocycles. The molecule has 1 saturated carbocycles. The molecule has 0 radical (unpaired) electrons. The van der Waals surface area contributed by atoms with Crippen molar-refractivity contribution in [1.82, 2.24) is 14.9 Å². The quantitative estimate of drug-likeness (QED) is 0.327. The number of anilines is 2. The Morgan fingerprint density at radius 3 is 2.49 bits per heavy atom. The number of hydrogen-bond acceptors (Lipinski definition) is 6. The molecule has 13 heteroatoms. The number of rotatable bonds is 7. The maximum absolute atomic E-state index is 15.0. The summed E-state index contributed by atoms with van der Waals surface area (Å²) in [7, 11) is -0.570. The summed E-state index contributed by atoms with van der Waals surface area (Å²) in [6.07, 6.45) is -0.177. The molecule has 0 bridgehead atoms. The smallest absolute Gasteiger partial charge is 0.379 e. The lowest BCUT2D eigenvalue weighted by Crippen LogP contribution is -2.47. The number of nitrogens with one attached hydrogen (secondary N) is 2. The molecule has 2 aromatic carbocycles. The van der Waals surface area contributed by atoms with E-state index in [2.05, 4.69) is 20.0 Å². The molecular formula is C26H28ClF4N5O2S. The lowest BCUT2D eigenvalue weighted by Gasteiger charge is -2.41. The zero-order valence-corrected chi connectivity index (χ0v) is 23.0.